The predicted molar refractivity (Wildman–Crippen MR) is 64.1 cm³/mol. The zero-order valence-corrected chi connectivity index (χ0v) is 9.91. The highest BCUT2D eigenvalue weighted by Gasteiger charge is 2.05. The number of benzene rings is 1. The Morgan fingerprint density at radius 3 is 1.79 bits per heavy atom. The second kappa shape index (κ2) is 4.50. The SMILES string of the molecule is CC(C)c1ccc(N(C)C(C)C)cc1. The van der Waals surface area contributed by atoms with Crippen LogP contribution in [0.2, 0.25) is 0 Å². The molecule has 0 radical (unpaired) electrons. The molecular weight excluding hydrogens is 170 g/mol. The first-order valence-corrected chi connectivity index (χ1v) is 5.35. The van der Waals surface area contributed by atoms with Gasteiger partial charge in [-0.15, -0.1) is 0 Å². The third kappa shape index (κ3) is 2.50. The lowest BCUT2D eigenvalue weighted by atomic mass is 10.0. The Bertz CT molecular complexity index is 272. The van der Waals surface area contributed by atoms with E-state index in [1.165, 1.54) is 11.3 Å². The van der Waals surface area contributed by atoms with E-state index in [2.05, 4.69) is 63.9 Å². The molecule has 0 atom stereocenters. The quantitative estimate of drug-likeness (QED) is 0.705. The van der Waals surface area contributed by atoms with Crippen LogP contribution < -0.4 is 4.90 Å². The van der Waals surface area contributed by atoms with Crippen molar-refractivity contribution in [2.75, 3.05) is 11.9 Å². The number of rotatable bonds is 3. The zero-order chi connectivity index (χ0) is 10.7. The predicted octanol–water partition coefficient (Wildman–Crippen LogP) is 3.65. The Kier molecular flexibility index (Phi) is 3.56. The Balaban J connectivity index is 2.83. The first kappa shape index (κ1) is 11.1. The highest BCUT2D eigenvalue weighted by Crippen LogP contribution is 2.20. The van der Waals surface area contributed by atoms with Crippen LogP contribution >= 0.6 is 0 Å². The molecule has 78 valence electrons. The molecule has 0 heterocycles. The van der Waals surface area contributed by atoms with E-state index in [4.69, 9.17) is 0 Å². The molecule has 1 aromatic carbocycles. The van der Waals surface area contributed by atoms with E-state index in [9.17, 15) is 0 Å². The smallest absolute Gasteiger partial charge is 0.0366 e. The molecule has 0 aliphatic carbocycles. The fourth-order valence-corrected chi connectivity index (χ4v) is 1.39. The van der Waals surface area contributed by atoms with Gasteiger partial charge < -0.3 is 4.90 Å². The molecular formula is C13H21N. The van der Waals surface area contributed by atoms with E-state index in [0.717, 1.165) is 0 Å². The summed E-state index contributed by atoms with van der Waals surface area (Å²) in [5.74, 6) is 0.619. The first-order chi connectivity index (χ1) is 6.52. The summed E-state index contributed by atoms with van der Waals surface area (Å²) < 4.78 is 0. The number of hydrogen-bond donors (Lipinski definition) is 0. The molecule has 0 N–H and O–H groups in total. The highest BCUT2D eigenvalue weighted by atomic mass is 15.1. The zero-order valence-electron chi connectivity index (χ0n) is 9.91. The van der Waals surface area contributed by atoms with E-state index in [1.807, 2.05) is 0 Å². The Hall–Kier alpha value is -0.980. The van der Waals surface area contributed by atoms with E-state index in [1.54, 1.807) is 0 Å². The number of hydrogen-bond acceptors (Lipinski definition) is 1. The standard InChI is InChI=1S/C13H21N/c1-10(2)12-6-8-13(9-7-12)14(5)11(3)4/h6-11H,1-5H3. The second-order valence-corrected chi connectivity index (χ2v) is 4.45. The molecule has 1 rings (SSSR count). The summed E-state index contributed by atoms with van der Waals surface area (Å²) in [7, 11) is 2.13. The molecule has 0 aliphatic heterocycles. The molecule has 1 heteroatoms. The van der Waals surface area contributed by atoms with Gasteiger partial charge in [-0.1, -0.05) is 26.0 Å². The van der Waals surface area contributed by atoms with Crippen molar-refractivity contribution in [3.63, 3.8) is 0 Å². The van der Waals surface area contributed by atoms with Crippen molar-refractivity contribution in [3.05, 3.63) is 29.8 Å². The lowest BCUT2D eigenvalue weighted by Crippen LogP contribution is -2.25. The van der Waals surface area contributed by atoms with Crippen molar-refractivity contribution in [2.24, 2.45) is 0 Å². The maximum absolute atomic E-state index is 2.28. The van der Waals surface area contributed by atoms with Gasteiger partial charge in [-0.25, -0.2) is 0 Å². The van der Waals surface area contributed by atoms with Gasteiger partial charge in [0, 0.05) is 18.8 Å². The van der Waals surface area contributed by atoms with Gasteiger partial charge in [0.05, 0.1) is 0 Å². The third-order valence-corrected chi connectivity index (χ3v) is 2.74. The largest absolute Gasteiger partial charge is 0.372 e. The van der Waals surface area contributed by atoms with Gasteiger partial charge in [0.2, 0.25) is 0 Å². The molecule has 0 bridgehead atoms. The molecule has 0 unspecified atom stereocenters. The van der Waals surface area contributed by atoms with Crippen LogP contribution in [-0.2, 0) is 0 Å². The summed E-state index contributed by atoms with van der Waals surface area (Å²) in [5, 5.41) is 0. The van der Waals surface area contributed by atoms with E-state index >= 15 is 0 Å². The van der Waals surface area contributed by atoms with Crippen LogP contribution in [0.4, 0.5) is 5.69 Å². The maximum atomic E-state index is 2.28. The average molecular weight is 191 g/mol. The lowest BCUT2D eigenvalue weighted by Gasteiger charge is -2.24. The van der Waals surface area contributed by atoms with Crippen LogP contribution in [0.5, 0.6) is 0 Å². The molecule has 0 amide bonds. The molecule has 14 heavy (non-hydrogen) atoms. The molecule has 0 fully saturated rings. The van der Waals surface area contributed by atoms with Gasteiger partial charge >= 0.3 is 0 Å². The van der Waals surface area contributed by atoms with Gasteiger partial charge in [0.1, 0.15) is 0 Å². The van der Waals surface area contributed by atoms with Gasteiger partial charge in [-0.05, 0) is 37.5 Å². The molecule has 0 aliphatic rings. The van der Waals surface area contributed by atoms with Crippen molar-refractivity contribution in [3.8, 4) is 0 Å². The topological polar surface area (TPSA) is 3.24 Å². The van der Waals surface area contributed by atoms with Crippen molar-refractivity contribution in [2.45, 2.75) is 39.7 Å². The van der Waals surface area contributed by atoms with Crippen LogP contribution in [0.25, 0.3) is 0 Å². The van der Waals surface area contributed by atoms with E-state index < -0.39 is 0 Å². The van der Waals surface area contributed by atoms with Gasteiger partial charge in [-0.3, -0.25) is 0 Å². The van der Waals surface area contributed by atoms with Crippen molar-refractivity contribution in [1.82, 2.24) is 0 Å². The summed E-state index contributed by atoms with van der Waals surface area (Å²) >= 11 is 0. The van der Waals surface area contributed by atoms with Crippen LogP contribution in [0.15, 0.2) is 24.3 Å². The first-order valence-electron chi connectivity index (χ1n) is 5.35. The van der Waals surface area contributed by atoms with Crippen molar-refractivity contribution >= 4 is 5.69 Å². The van der Waals surface area contributed by atoms with E-state index in [0.29, 0.717) is 12.0 Å². The molecule has 0 aromatic heterocycles. The van der Waals surface area contributed by atoms with Crippen LogP contribution in [0, 0.1) is 0 Å². The molecule has 0 saturated carbocycles. The Morgan fingerprint density at radius 1 is 0.929 bits per heavy atom. The summed E-state index contributed by atoms with van der Waals surface area (Å²) in [6.45, 7) is 8.86. The molecule has 1 aromatic rings. The minimum absolute atomic E-state index is 0.555. The highest BCUT2D eigenvalue weighted by molar-refractivity contribution is 5.47. The monoisotopic (exact) mass is 191 g/mol. The van der Waals surface area contributed by atoms with Crippen LogP contribution in [-0.4, -0.2) is 13.1 Å². The van der Waals surface area contributed by atoms with E-state index in [-0.39, 0.29) is 0 Å². The number of anilines is 1. The minimum Gasteiger partial charge on any atom is -0.372 e. The molecule has 0 spiro atoms. The fraction of sp³-hybridized carbons (Fsp3) is 0.538. The van der Waals surface area contributed by atoms with Crippen LogP contribution in [0.3, 0.4) is 0 Å². The minimum atomic E-state index is 0.555. The van der Waals surface area contributed by atoms with Gasteiger partial charge in [-0.2, -0.15) is 0 Å². The van der Waals surface area contributed by atoms with Crippen molar-refractivity contribution in [1.29, 1.82) is 0 Å². The van der Waals surface area contributed by atoms with Crippen molar-refractivity contribution < 1.29 is 0 Å². The lowest BCUT2D eigenvalue weighted by molar-refractivity contribution is 0.754. The molecule has 1 nitrogen and oxygen atoms in total. The second-order valence-electron chi connectivity index (χ2n) is 4.45. The summed E-state index contributed by atoms with van der Waals surface area (Å²) in [6.07, 6.45) is 0. The normalized spacial score (nSPS) is 11.1. The number of nitrogens with zero attached hydrogens (tertiary/aromatic N) is 1. The summed E-state index contributed by atoms with van der Waals surface area (Å²) in [4.78, 5) is 2.28. The average Bonchev–Trinajstić information content (AvgIpc) is 2.16. The maximum Gasteiger partial charge on any atom is 0.0366 e. The Labute approximate surface area is 87.7 Å². The Morgan fingerprint density at radius 2 is 1.43 bits per heavy atom. The third-order valence-electron chi connectivity index (χ3n) is 2.74. The van der Waals surface area contributed by atoms with Gasteiger partial charge in [0.15, 0.2) is 0 Å². The molecule has 0 saturated heterocycles. The summed E-state index contributed by atoms with van der Waals surface area (Å²) in [6, 6.07) is 9.41. The summed E-state index contributed by atoms with van der Waals surface area (Å²) in [5.41, 5.74) is 2.70. The van der Waals surface area contributed by atoms with Crippen LogP contribution in [0.1, 0.15) is 39.2 Å². The van der Waals surface area contributed by atoms with Gasteiger partial charge in [0.25, 0.3) is 0 Å². The fourth-order valence-electron chi connectivity index (χ4n) is 1.39.